The van der Waals surface area contributed by atoms with E-state index in [2.05, 4.69) is 11.6 Å². The first-order valence-electron chi connectivity index (χ1n) is 5.61. The Balaban J connectivity index is 2.48. The summed E-state index contributed by atoms with van der Waals surface area (Å²) in [5.41, 5.74) is 1.02. The molecule has 85 valence electrons. The zero-order valence-corrected chi connectivity index (χ0v) is 9.73. The molecule has 0 heterocycles. The van der Waals surface area contributed by atoms with Crippen molar-refractivity contribution in [3.8, 4) is 0 Å². The summed E-state index contributed by atoms with van der Waals surface area (Å²) in [6.45, 7) is 5.62. The highest BCUT2D eigenvalue weighted by Gasteiger charge is 2.04. The van der Waals surface area contributed by atoms with E-state index in [4.69, 9.17) is 0 Å². The van der Waals surface area contributed by atoms with Gasteiger partial charge in [0.05, 0.1) is 12.5 Å². The molecule has 1 aromatic carbocycles. The molecule has 0 fully saturated rings. The smallest absolute Gasteiger partial charge is 0.245 e. The summed E-state index contributed by atoms with van der Waals surface area (Å²) in [5, 5.41) is 11.6. The van der Waals surface area contributed by atoms with E-state index in [0.29, 0.717) is 6.42 Å². The van der Waals surface area contributed by atoms with Crippen LogP contribution in [0.2, 0.25) is 0 Å². The van der Waals surface area contributed by atoms with Gasteiger partial charge in [-0.15, -0.1) is 6.58 Å². The van der Waals surface area contributed by atoms with Gasteiger partial charge in [0.15, 0.2) is 0 Å². The second-order valence-corrected chi connectivity index (χ2v) is 3.90. The lowest BCUT2D eigenvalue weighted by atomic mass is 10.1. The van der Waals surface area contributed by atoms with Gasteiger partial charge in [0.2, 0.25) is 5.90 Å². The number of allylic oxidation sites excluding steroid dienone is 1. The molecule has 0 saturated heterocycles. The molecule has 2 heteroatoms. The predicted octanol–water partition coefficient (Wildman–Crippen LogP) is 3.41. The van der Waals surface area contributed by atoms with Crippen LogP contribution in [-0.2, 0) is 11.5 Å². The van der Waals surface area contributed by atoms with Gasteiger partial charge < -0.3 is 0 Å². The molecule has 2 nitrogen and oxygen atoms in total. The van der Waals surface area contributed by atoms with Gasteiger partial charge in [0.1, 0.15) is 0 Å². The quantitative estimate of drug-likeness (QED) is 0.396. The van der Waals surface area contributed by atoms with Crippen molar-refractivity contribution in [3.05, 3.63) is 48.6 Å². The van der Waals surface area contributed by atoms with E-state index in [1.165, 1.54) is 0 Å². The Labute approximate surface area is 97.4 Å². The van der Waals surface area contributed by atoms with Crippen molar-refractivity contribution in [2.24, 2.45) is 4.99 Å². The van der Waals surface area contributed by atoms with Crippen LogP contribution >= 0.6 is 0 Å². The molecule has 1 atom stereocenters. The first-order chi connectivity index (χ1) is 7.72. The molecule has 1 unspecified atom stereocenters. The van der Waals surface area contributed by atoms with Gasteiger partial charge in [-0.2, -0.15) is 0 Å². The van der Waals surface area contributed by atoms with E-state index in [-0.39, 0.29) is 11.9 Å². The van der Waals surface area contributed by atoms with E-state index >= 15 is 0 Å². The SMILES string of the molecule is C=CCCC(C)N=C([O])Cc1ccccc1. The topological polar surface area (TPSA) is 32.3 Å². The average molecular weight is 216 g/mol. The molecule has 1 rings (SSSR count). The van der Waals surface area contributed by atoms with Crippen LogP contribution < -0.4 is 0 Å². The van der Waals surface area contributed by atoms with Crippen molar-refractivity contribution >= 4 is 5.90 Å². The van der Waals surface area contributed by atoms with Gasteiger partial charge in [-0.05, 0) is 25.3 Å². The summed E-state index contributed by atoms with van der Waals surface area (Å²) in [6.07, 6.45) is 4.06. The minimum Gasteiger partial charge on any atom is -0.273 e. The summed E-state index contributed by atoms with van der Waals surface area (Å²) >= 11 is 0. The molecule has 16 heavy (non-hydrogen) atoms. The molecule has 0 spiro atoms. The Morgan fingerprint density at radius 2 is 2.12 bits per heavy atom. The lowest BCUT2D eigenvalue weighted by Crippen LogP contribution is -2.06. The number of nitrogens with zero attached hydrogens (tertiary/aromatic N) is 1. The minimum atomic E-state index is -0.0391. The van der Waals surface area contributed by atoms with Crippen molar-refractivity contribution in [2.75, 3.05) is 0 Å². The van der Waals surface area contributed by atoms with Crippen LogP contribution in [0.1, 0.15) is 25.3 Å². The fraction of sp³-hybridized carbons (Fsp3) is 0.357. The molecular weight excluding hydrogens is 198 g/mol. The maximum Gasteiger partial charge on any atom is 0.245 e. The largest absolute Gasteiger partial charge is 0.273 e. The van der Waals surface area contributed by atoms with Crippen LogP contribution in [0, 0.1) is 0 Å². The molecule has 0 bridgehead atoms. The van der Waals surface area contributed by atoms with Gasteiger partial charge in [-0.25, -0.2) is 4.99 Å². The summed E-state index contributed by atoms with van der Waals surface area (Å²) < 4.78 is 0. The molecule has 0 aliphatic carbocycles. The number of hydrogen-bond acceptors (Lipinski definition) is 1. The van der Waals surface area contributed by atoms with E-state index in [1.54, 1.807) is 0 Å². The van der Waals surface area contributed by atoms with Gasteiger partial charge in [0.25, 0.3) is 0 Å². The second-order valence-electron chi connectivity index (χ2n) is 3.90. The van der Waals surface area contributed by atoms with Crippen molar-refractivity contribution in [2.45, 2.75) is 32.2 Å². The molecule has 1 aromatic rings. The van der Waals surface area contributed by atoms with E-state index in [0.717, 1.165) is 18.4 Å². The Bertz CT molecular complexity index is 343. The van der Waals surface area contributed by atoms with Crippen molar-refractivity contribution in [1.82, 2.24) is 0 Å². The lowest BCUT2D eigenvalue weighted by Gasteiger charge is -2.04. The van der Waals surface area contributed by atoms with Gasteiger partial charge >= 0.3 is 0 Å². The second kappa shape index (κ2) is 6.83. The molecule has 1 radical (unpaired) electrons. The van der Waals surface area contributed by atoms with Crippen LogP contribution in [0.3, 0.4) is 0 Å². The van der Waals surface area contributed by atoms with E-state index in [9.17, 15) is 5.11 Å². The molecule has 0 N–H and O–H groups in total. The van der Waals surface area contributed by atoms with Crippen LogP contribution in [0.5, 0.6) is 0 Å². The third-order valence-corrected chi connectivity index (χ3v) is 2.35. The molecule has 0 aromatic heterocycles. The highest BCUT2D eigenvalue weighted by atomic mass is 16.3. The van der Waals surface area contributed by atoms with Crippen LogP contribution in [0.4, 0.5) is 0 Å². The number of benzene rings is 1. The average Bonchev–Trinajstić information content (AvgIpc) is 2.27. The molecule has 0 saturated carbocycles. The standard InChI is InChI=1S/C14H18NO/c1-3-4-8-12(2)15-14(16)11-13-9-6-5-7-10-13/h3,5-7,9-10,12H,1,4,8,11H2,2H3. The van der Waals surface area contributed by atoms with Crippen molar-refractivity contribution < 1.29 is 5.11 Å². The molecular formula is C14H18NO. The zero-order valence-electron chi connectivity index (χ0n) is 9.73. The maximum absolute atomic E-state index is 11.6. The fourth-order valence-corrected chi connectivity index (χ4v) is 1.49. The fourth-order valence-electron chi connectivity index (χ4n) is 1.49. The first kappa shape index (κ1) is 12.5. The minimum absolute atomic E-state index is 0.0391. The van der Waals surface area contributed by atoms with Crippen LogP contribution in [0.15, 0.2) is 48.0 Å². The third-order valence-electron chi connectivity index (χ3n) is 2.35. The maximum atomic E-state index is 11.6. The van der Waals surface area contributed by atoms with Crippen molar-refractivity contribution in [1.29, 1.82) is 0 Å². The lowest BCUT2D eigenvalue weighted by molar-refractivity contribution is 0.408. The molecule has 0 aliphatic heterocycles. The highest BCUT2D eigenvalue weighted by Crippen LogP contribution is 2.05. The number of hydrogen-bond donors (Lipinski definition) is 0. The summed E-state index contributed by atoms with van der Waals surface area (Å²) in [7, 11) is 0. The van der Waals surface area contributed by atoms with E-state index in [1.807, 2.05) is 43.3 Å². The van der Waals surface area contributed by atoms with Gasteiger partial charge in [0, 0.05) is 0 Å². The predicted molar refractivity (Wildman–Crippen MR) is 67.2 cm³/mol. The Hall–Kier alpha value is -1.57. The van der Waals surface area contributed by atoms with Crippen LogP contribution in [0.25, 0.3) is 0 Å². The first-order valence-corrected chi connectivity index (χ1v) is 5.61. The summed E-state index contributed by atoms with van der Waals surface area (Å²) in [5.74, 6) is -0.0391. The summed E-state index contributed by atoms with van der Waals surface area (Å²) in [4.78, 5) is 4.12. The Kier molecular flexibility index (Phi) is 5.34. The van der Waals surface area contributed by atoms with Gasteiger partial charge in [-0.1, -0.05) is 36.4 Å². The van der Waals surface area contributed by atoms with E-state index < -0.39 is 0 Å². The molecule has 0 amide bonds. The Morgan fingerprint density at radius 3 is 2.75 bits per heavy atom. The zero-order chi connectivity index (χ0) is 11.8. The monoisotopic (exact) mass is 216 g/mol. The summed E-state index contributed by atoms with van der Waals surface area (Å²) in [6, 6.07) is 9.80. The van der Waals surface area contributed by atoms with Crippen molar-refractivity contribution in [3.63, 3.8) is 0 Å². The number of aliphatic imine (C=N–C) groups is 1. The molecule has 0 aliphatic rings. The van der Waals surface area contributed by atoms with Gasteiger partial charge in [-0.3, -0.25) is 5.11 Å². The highest BCUT2D eigenvalue weighted by molar-refractivity contribution is 5.76. The Morgan fingerprint density at radius 1 is 1.44 bits per heavy atom. The van der Waals surface area contributed by atoms with Crippen LogP contribution in [-0.4, -0.2) is 11.9 Å². The number of rotatable bonds is 6. The third kappa shape index (κ3) is 4.78. The normalized spacial score (nSPS) is 13.4.